The molecule has 21 heavy (non-hydrogen) atoms. The van der Waals surface area contributed by atoms with Gasteiger partial charge in [-0.15, -0.1) is 0 Å². The third-order valence-electron chi connectivity index (χ3n) is 3.21. The summed E-state index contributed by atoms with van der Waals surface area (Å²) in [4.78, 5) is 8.75. The van der Waals surface area contributed by atoms with Crippen molar-refractivity contribution in [2.45, 2.75) is 26.3 Å². The second-order valence-corrected chi connectivity index (χ2v) is 5.90. The maximum absolute atomic E-state index is 4.54. The number of nitrogens with zero attached hydrogens (tertiary/aromatic N) is 2. The van der Waals surface area contributed by atoms with Crippen molar-refractivity contribution in [2.75, 3.05) is 25.5 Å². The molecule has 0 fully saturated rings. The van der Waals surface area contributed by atoms with Gasteiger partial charge in [-0.1, -0.05) is 30.4 Å². The molecule has 0 bridgehead atoms. The van der Waals surface area contributed by atoms with Crippen molar-refractivity contribution in [1.29, 1.82) is 0 Å². The van der Waals surface area contributed by atoms with Gasteiger partial charge in [0.1, 0.15) is 0 Å². The molecule has 1 aromatic heterocycles. The van der Waals surface area contributed by atoms with Crippen molar-refractivity contribution in [1.82, 2.24) is 15.6 Å². The van der Waals surface area contributed by atoms with E-state index in [1.54, 1.807) is 18.4 Å². The van der Waals surface area contributed by atoms with Gasteiger partial charge in [-0.05, 0) is 25.5 Å². The van der Waals surface area contributed by atoms with E-state index in [0.29, 0.717) is 6.04 Å². The maximum atomic E-state index is 4.54. The van der Waals surface area contributed by atoms with Crippen molar-refractivity contribution in [3.05, 3.63) is 24.3 Å². The molecular formula is C15H23N5S. The van der Waals surface area contributed by atoms with Gasteiger partial charge in [-0.3, -0.25) is 4.99 Å². The van der Waals surface area contributed by atoms with Crippen molar-refractivity contribution in [3.8, 4) is 0 Å². The molecule has 0 amide bonds. The smallest absolute Gasteiger partial charge is 0.191 e. The number of aliphatic imine (C=N–C) groups is 1. The lowest BCUT2D eigenvalue weighted by Crippen LogP contribution is -2.43. The summed E-state index contributed by atoms with van der Waals surface area (Å²) in [6, 6.07) is 8.60. The van der Waals surface area contributed by atoms with Crippen molar-refractivity contribution in [2.24, 2.45) is 4.99 Å². The second kappa shape index (κ2) is 7.83. The monoisotopic (exact) mass is 305 g/mol. The lowest BCUT2D eigenvalue weighted by atomic mass is 10.3. The first kappa shape index (κ1) is 15.6. The topological polar surface area (TPSA) is 61.3 Å². The fraction of sp³-hybridized carbons (Fsp3) is 0.467. The summed E-state index contributed by atoms with van der Waals surface area (Å²) in [6.45, 7) is 5.90. The van der Waals surface area contributed by atoms with Crippen LogP contribution in [0.3, 0.4) is 0 Å². The largest absolute Gasteiger partial charge is 0.360 e. The first-order valence-electron chi connectivity index (χ1n) is 7.29. The summed E-state index contributed by atoms with van der Waals surface area (Å²) >= 11 is 1.68. The first-order valence-corrected chi connectivity index (χ1v) is 8.11. The molecule has 0 aliphatic carbocycles. The summed E-state index contributed by atoms with van der Waals surface area (Å²) in [5.74, 6) is 0.843. The van der Waals surface area contributed by atoms with Crippen LogP contribution in [0.2, 0.25) is 0 Å². The highest BCUT2D eigenvalue weighted by Crippen LogP contribution is 2.24. The van der Waals surface area contributed by atoms with E-state index in [4.69, 9.17) is 0 Å². The van der Waals surface area contributed by atoms with Crippen molar-refractivity contribution >= 4 is 32.6 Å². The minimum atomic E-state index is 0.424. The minimum absolute atomic E-state index is 0.424. The molecule has 1 unspecified atom stereocenters. The van der Waals surface area contributed by atoms with Crippen LogP contribution in [0.5, 0.6) is 0 Å². The van der Waals surface area contributed by atoms with Crippen LogP contribution in [0.25, 0.3) is 10.2 Å². The van der Waals surface area contributed by atoms with Gasteiger partial charge in [0.2, 0.25) is 0 Å². The Morgan fingerprint density at radius 2 is 2.14 bits per heavy atom. The molecule has 1 heterocycles. The van der Waals surface area contributed by atoms with Gasteiger partial charge < -0.3 is 16.0 Å². The average molecular weight is 305 g/mol. The Balaban J connectivity index is 1.76. The number of hydrogen-bond donors (Lipinski definition) is 3. The number of benzene rings is 1. The number of guanidine groups is 1. The van der Waals surface area contributed by atoms with E-state index >= 15 is 0 Å². The van der Waals surface area contributed by atoms with E-state index in [1.165, 1.54) is 4.70 Å². The predicted molar refractivity (Wildman–Crippen MR) is 92.4 cm³/mol. The molecule has 1 aromatic carbocycles. The second-order valence-electron chi connectivity index (χ2n) is 4.87. The fourth-order valence-electron chi connectivity index (χ4n) is 1.83. The van der Waals surface area contributed by atoms with Crippen LogP contribution >= 0.6 is 11.3 Å². The first-order chi connectivity index (χ1) is 10.2. The Morgan fingerprint density at radius 3 is 2.86 bits per heavy atom. The van der Waals surface area contributed by atoms with E-state index in [0.717, 1.165) is 36.1 Å². The van der Waals surface area contributed by atoms with Crippen LogP contribution in [0, 0.1) is 0 Å². The van der Waals surface area contributed by atoms with Crippen LogP contribution in [-0.2, 0) is 0 Å². The van der Waals surface area contributed by atoms with Gasteiger partial charge >= 0.3 is 0 Å². The molecule has 0 spiro atoms. The maximum Gasteiger partial charge on any atom is 0.191 e. The van der Waals surface area contributed by atoms with Gasteiger partial charge in [-0.2, -0.15) is 0 Å². The molecule has 0 radical (unpaired) electrons. The van der Waals surface area contributed by atoms with E-state index in [9.17, 15) is 0 Å². The Morgan fingerprint density at radius 1 is 1.33 bits per heavy atom. The highest BCUT2D eigenvalue weighted by Gasteiger charge is 2.03. The zero-order valence-corrected chi connectivity index (χ0v) is 13.6. The quantitative estimate of drug-likeness (QED) is 0.436. The summed E-state index contributed by atoms with van der Waals surface area (Å²) in [7, 11) is 1.79. The standard InChI is InChI=1S/C15H23N5S/c1-4-11(2)19-14(16-3)17-9-10-18-15-20-12-7-5-6-8-13(12)21-15/h5-8,11H,4,9-10H2,1-3H3,(H,18,20)(H2,16,17,19). The number of rotatable bonds is 6. The zero-order chi connectivity index (χ0) is 15.1. The summed E-state index contributed by atoms with van der Waals surface area (Å²) in [5.41, 5.74) is 1.05. The van der Waals surface area contributed by atoms with Crippen molar-refractivity contribution in [3.63, 3.8) is 0 Å². The molecule has 0 saturated heterocycles. The Bertz CT molecular complexity index is 560. The van der Waals surface area contributed by atoms with Crippen LogP contribution in [0.15, 0.2) is 29.3 Å². The van der Waals surface area contributed by atoms with Crippen LogP contribution in [0.4, 0.5) is 5.13 Å². The summed E-state index contributed by atoms with van der Waals surface area (Å²) in [5, 5.41) is 10.9. The summed E-state index contributed by atoms with van der Waals surface area (Å²) in [6.07, 6.45) is 1.07. The van der Waals surface area contributed by atoms with Crippen LogP contribution in [0.1, 0.15) is 20.3 Å². The molecule has 3 N–H and O–H groups in total. The third-order valence-corrected chi connectivity index (χ3v) is 4.20. The van der Waals surface area contributed by atoms with Gasteiger partial charge in [-0.25, -0.2) is 4.98 Å². The molecule has 0 aliphatic rings. The van der Waals surface area contributed by atoms with Gasteiger partial charge in [0.05, 0.1) is 10.2 Å². The van der Waals surface area contributed by atoms with Gasteiger partial charge in [0.25, 0.3) is 0 Å². The van der Waals surface area contributed by atoms with Gasteiger partial charge in [0, 0.05) is 26.2 Å². The lowest BCUT2D eigenvalue weighted by Gasteiger charge is -2.16. The van der Waals surface area contributed by atoms with E-state index in [-0.39, 0.29) is 0 Å². The van der Waals surface area contributed by atoms with Gasteiger partial charge in [0.15, 0.2) is 11.1 Å². The SMILES string of the molecule is CCC(C)NC(=NC)NCCNc1nc2ccccc2s1. The van der Waals surface area contributed by atoms with E-state index in [1.807, 2.05) is 18.2 Å². The predicted octanol–water partition coefficient (Wildman–Crippen LogP) is 2.67. The molecule has 0 saturated carbocycles. The number of para-hydroxylation sites is 1. The Hall–Kier alpha value is -1.82. The van der Waals surface area contributed by atoms with Crippen LogP contribution < -0.4 is 16.0 Å². The molecule has 2 aromatic rings. The normalized spacial score (nSPS) is 13.2. The van der Waals surface area contributed by atoms with E-state index in [2.05, 4.69) is 45.8 Å². The Labute approximate surface area is 129 Å². The fourth-order valence-corrected chi connectivity index (χ4v) is 2.72. The minimum Gasteiger partial charge on any atom is -0.360 e. The number of aromatic nitrogens is 1. The number of thiazole rings is 1. The Kier molecular flexibility index (Phi) is 5.80. The zero-order valence-electron chi connectivity index (χ0n) is 12.8. The average Bonchev–Trinajstić information content (AvgIpc) is 2.92. The summed E-state index contributed by atoms with van der Waals surface area (Å²) < 4.78 is 1.21. The lowest BCUT2D eigenvalue weighted by molar-refractivity contribution is 0.625. The molecule has 2 rings (SSSR count). The molecule has 1 atom stereocenters. The molecular weight excluding hydrogens is 282 g/mol. The molecule has 5 nitrogen and oxygen atoms in total. The van der Waals surface area contributed by atoms with E-state index < -0.39 is 0 Å². The number of anilines is 1. The van der Waals surface area contributed by atoms with Crippen molar-refractivity contribution < 1.29 is 0 Å². The number of fused-ring (bicyclic) bond motifs is 1. The molecule has 114 valence electrons. The third kappa shape index (κ3) is 4.60. The van der Waals surface area contributed by atoms with Crippen LogP contribution in [-0.4, -0.2) is 37.1 Å². The number of nitrogens with one attached hydrogen (secondary N) is 3. The number of hydrogen-bond acceptors (Lipinski definition) is 4. The molecule has 6 heteroatoms. The highest BCUT2D eigenvalue weighted by molar-refractivity contribution is 7.22. The highest BCUT2D eigenvalue weighted by atomic mass is 32.1. The molecule has 0 aliphatic heterocycles.